The maximum atomic E-state index is 12.8. The van der Waals surface area contributed by atoms with E-state index in [1.807, 2.05) is 30.3 Å². The van der Waals surface area contributed by atoms with E-state index in [2.05, 4.69) is 16.0 Å². The lowest BCUT2D eigenvalue weighted by Crippen LogP contribution is -2.56. The molecule has 0 bridgehead atoms. The molecule has 9 heteroatoms. The zero-order valence-corrected chi connectivity index (χ0v) is 17.3. The van der Waals surface area contributed by atoms with Gasteiger partial charge in [0.2, 0.25) is 11.7 Å². The molecule has 0 radical (unpaired) electrons. The highest BCUT2D eigenvalue weighted by Crippen LogP contribution is 2.07. The number of ketones is 1. The topological polar surface area (TPSA) is 123 Å². The fourth-order valence-corrected chi connectivity index (χ4v) is 2.88. The number of hydrogen-bond donors (Lipinski definition) is 3. The summed E-state index contributed by atoms with van der Waals surface area (Å²) in [6.07, 6.45) is 0.0351. The second-order valence-corrected chi connectivity index (χ2v) is 7.36. The van der Waals surface area contributed by atoms with Gasteiger partial charge in [-0.05, 0) is 24.3 Å². The minimum absolute atomic E-state index is 0.0672. The number of hydrogen-bond acceptors (Lipinski definition) is 6. The lowest BCUT2D eigenvalue weighted by molar-refractivity contribution is -0.141. The summed E-state index contributed by atoms with van der Waals surface area (Å²) in [6, 6.07) is 7.19. The fourth-order valence-electron chi connectivity index (χ4n) is 2.88. The minimum Gasteiger partial charge on any atom is -0.445 e. The largest absolute Gasteiger partial charge is 0.445 e. The van der Waals surface area contributed by atoms with Crippen LogP contribution in [0, 0.1) is 5.92 Å². The van der Waals surface area contributed by atoms with Crippen LogP contribution < -0.4 is 16.0 Å². The van der Waals surface area contributed by atoms with Crippen LogP contribution in [0.3, 0.4) is 0 Å². The van der Waals surface area contributed by atoms with Gasteiger partial charge in [0.05, 0.1) is 6.04 Å². The summed E-state index contributed by atoms with van der Waals surface area (Å²) >= 11 is 0. The molecular weight excluding hydrogens is 390 g/mol. The molecule has 3 N–H and O–H groups in total. The first-order valence-electron chi connectivity index (χ1n) is 10.1. The van der Waals surface area contributed by atoms with Crippen molar-refractivity contribution in [1.82, 2.24) is 16.0 Å². The van der Waals surface area contributed by atoms with Crippen molar-refractivity contribution in [2.75, 3.05) is 19.8 Å². The average Bonchev–Trinajstić information content (AvgIpc) is 2.73. The first kappa shape index (κ1) is 23.3. The van der Waals surface area contributed by atoms with E-state index < -0.39 is 35.8 Å². The Labute approximate surface area is 175 Å². The van der Waals surface area contributed by atoms with Crippen LogP contribution in [0.5, 0.6) is 0 Å². The zero-order valence-electron chi connectivity index (χ0n) is 17.3. The third-order valence-electron chi connectivity index (χ3n) is 4.59. The van der Waals surface area contributed by atoms with Gasteiger partial charge < -0.3 is 25.4 Å². The van der Waals surface area contributed by atoms with Gasteiger partial charge in [0.15, 0.2) is 0 Å². The van der Waals surface area contributed by atoms with Gasteiger partial charge in [-0.2, -0.15) is 0 Å². The van der Waals surface area contributed by atoms with Crippen molar-refractivity contribution >= 4 is 23.7 Å². The van der Waals surface area contributed by atoms with Crippen LogP contribution in [0.2, 0.25) is 0 Å². The summed E-state index contributed by atoms with van der Waals surface area (Å²) in [4.78, 5) is 49.3. The van der Waals surface area contributed by atoms with Crippen LogP contribution in [0.4, 0.5) is 4.79 Å². The molecule has 30 heavy (non-hydrogen) atoms. The molecular formula is C21H29N3O6. The highest BCUT2D eigenvalue weighted by atomic mass is 16.5. The molecule has 1 heterocycles. The standard InChI is InChI=1S/C21H29N3O6/c1-14(2)17(24-21(28)30-13-15-7-4-3-5-8-15)19(26)23-16-9-12-29-11-6-10-22-20(27)18(16)25/h3-5,7-8,14,16-17H,6,9-13H2,1-2H3,(H,22,27)(H,23,26)(H,24,28). The smallest absolute Gasteiger partial charge is 0.408 e. The Morgan fingerprint density at radius 2 is 1.93 bits per heavy atom. The van der Waals surface area contributed by atoms with Crippen molar-refractivity contribution in [2.24, 2.45) is 5.92 Å². The highest BCUT2D eigenvalue weighted by Gasteiger charge is 2.31. The normalized spacial score (nSPS) is 18.8. The van der Waals surface area contributed by atoms with Crippen molar-refractivity contribution < 1.29 is 28.7 Å². The second-order valence-electron chi connectivity index (χ2n) is 7.36. The van der Waals surface area contributed by atoms with Gasteiger partial charge in [-0.3, -0.25) is 14.4 Å². The number of nitrogens with one attached hydrogen (secondary N) is 3. The molecule has 1 aliphatic rings. The van der Waals surface area contributed by atoms with Gasteiger partial charge in [0.1, 0.15) is 12.6 Å². The van der Waals surface area contributed by atoms with Crippen LogP contribution in [0.1, 0.15) is 32.3 Å². The van der Waals surface area contributed by atoms with Crippen molar-refractivity contribution in [1.29, 1.82) is 0 Å². The first-order chi connectivity index (χ1) is 14.4. The molecule has 164 valence electrons. The van der Waals surface area contributed by atoms with E-state index in [0.29, 0.717) is 19.6 Å². The van der Waals surface area contributed by atoms with Crippen LogP contribution in [0.15, 0.2) is 30.3 Å². The number of carbonyl (C=O) groups excluding carboxylic acids is 4. The van der Waals surface area contributed by atoms with Gasteiger partial charge >= 0.3 is 6.09 Å². The predicted molar refractivity (Wildman–Crippen MR) is 108 cm³/mol. The van der Waals surface area contributed by atoms with Gasteiger partial charge in [-0.15, -0.1) is 0 Å². The lowest BCUT2D eigenvalue weighted by atomic mass is 10.0. The molecule has 2 rings (SSSR count). The van der Waals surface area contributed by atoms with E-state index in [9.17, 15) is 19.2 Å². The van der Waals surface area contributed by atoms with Gasteiger partial charge in [-0.25, -0.2) is 4.79 Å². The molecule has 0 aliphatic carbocycles. The number of rotatable bonds is 6. The summed E-state index contributed by atoms with van der Waals surface area (Å²) in [6.45, 7) is 4.60. The minimum atomic E-state index is -1.03. The Hall–Kier alpha value is -2.94. The van der Waals surface area contributed by atoms with Crippen LogP contribution in [-0.2, 0) is 30.5 Å². The Morgan fingerprint density at radius 3 is 2.63 bits per heavy atom. The van der Waals surface area contributed by atoms with Crippen LogP contribution in [0.25, 0.3) is 0 Å². The Bertz CT molecular complexity index is 738. The Balaban J connectivity index is 1.96. The molecule has 1 aromatic rings. The zero-order chi connectivity index (χ0) is 21.9. The van der Waals surface area contributed by atoms with Crippen LogP contribution in [-0.4, -0.2) is 55.5 Å². The molecule has 1 fully saturated rings. The molecule has 2 unspecified atom stereocenters. The number of ether oxygens (including phenoxy) is 2. The first-order valence-corrected chi connectivity index (χ1v) is 10.1. The van der Waals surface area contributed by atoms with Gasteiger partial charge in [-0.1, -0.05) is 44.2 Å². The van der Waals surface area contributed by atoms with E-state index in [1.54, 1.807) is 13.8 Å². The van der Waals surface area contributed by atoms with Crippen LogP contribution >= 0.6 is 0 Å². The van der Waals surface area contributed by atoms with E-state index in [0.717, 1.165) is 5.56 Å². The van der Waals surface area contributed by atoms with Gasteiger partial charge in [0, 0.05) is 19.8 Å². The third-order valence-corrected chi connectivity index (χ3v) is 4.59. The molecule has 1 saturated heterocycles. The number of benzene rings is 1. The van der Waals surface area contributed by atoms with E-state index in [-0.39, 0.29) is 25.6 Å². The number of amides is 3. The summed E-state index contributed by atoms with van der Waals surface area (Å²) < 4.78 is 10.6. The summed E-state index contributed by atoms with van der Waals surface area (Å²) in [5, 5.41) is 7.62. The van der Waals surface area contributed by atoms with Crippen molar-refractivity contribution in [3.8, 4) is 0 Å². The number of Topliss-reactive ketones (excluding diaryl/α,β-unsaturated/α-hetero) is 1. The molecule has 3 amide bonds. The number of alkyl carbamates (subject to hydrolysis) is 1. The van der Waals surface area contributed by atoms with E-state index >= 15 is 0 Å². The quantitative estimate of drug-likeness (QED) is 0.589. The molecule has 0 spiro atoms. The highest BCUT2D eigenvalue weighted by molar-refractivity contribution is 6.38. The average molecular weight is 419 g/mol. The lowest BCUT2D eigenvalue weighted by Gasteiger charge is -2.25. The molecule has 0 aromatic heterocycles. The molecule has 0 saturated carbocycles. The summed E-state index contributed by atoms with van der Waals surface area (Å²) in [7, 11) is 0. The summed E-state index contributed by atoms with van der Waals surface area (Å²) in [5.74, 6) is -2.31. The maximum Gasteiger partial charge on any atom is 0.408 e. The van der Waals surface area contributed by atoms with Crippen molar-refractivity contribution in [3.05, 3.63) is 35.9 Å². The molecule has 1 aromatic carbocycles. The van der Waals surface area contributed by atoms with Crippen molar-refractivity contribution in [3.63, 3.8) is 0 Å². The second kappa shape index (κ2) is 11.9. The molecule has 1 aliphatic heterocycles. The SMILES string of the molecule is CC(C)C(NC(=O)OCc1ccccc1)C(=O)NC1CCOCCCNC(=O)C1=O. The fraction of sp³-hybridized carbons (Fsp3) is 0.524. The third kappa shape index (κ3) is 7.47. The predicted octanol–water partition coefficient (Wildman–Crippen LogP) is 0.918. The molecule has 2 atom stereocenters. The van der Waals surface area contributed by atoms with Crippen molar-refractivity contribution in [2.45, 2.75) is 45.4 Å². The van der Waals surface area contributed by atoms with E-state index in [4.69, 9.17) is 9.47 Å². The molecule has 9 nitrogen and oxygen atoms in total. The maximum absolute atomic E-state index is 12.8. The number of carbonyl (C=O) groups is 4. The van der Waals surface area contributed by atoms with E-state index in [1.165, 1.54) is 0 Å². The monoisotopic (exact) mass is 419 g/mol. The van der Waals surface area contributed by atoms with Gasteiger partial charge in [0.25, 0.3) is 5.91 Å². The summed E-state index contributed by atoms with van der Waals surface area (Å²) in [5.41, 5.74) is 0.816. The Morgan fingerprint density at radius 1 is 1.20 bits per heavy atom. The Kier molecular flexibility index (Phi) is 9.27.